The molecule has 100 valence electrons. The molecule has 0 spiro atoms. The second-order valence-electron chi connectivity index (χ2n) is 4.54. The molecule has 0 fully saturated rings. The van der Waals surface area contributed by atoms with Crippen molar-refractivity contribution in [3.63, 3.8) is 0 Å². The summed E-state index contributed by atoms with van der Waals surface area (Å²) in [7, 11) is 0. The third-order valence-electron chi connectivity index (χ3n) is 3.35. The molecule has 0 amide bonds. The minimum atomic E-state index is -0.448. The van der Waals surface area contributed by atoms with E-state index in [1.807, 2.05) is 31.2 Å². The molecule has 2 aromatic rings. The van der Waals surface area contributed by atoms with Gasteiger partial charge in [0, 0.05) is 5.56 Å². The van der Waals surface area contributed by atoms with E-state index in [1.54, 1.807) is 6.07 Å². The van der Waals surface area contributed by atoms with Gasteiger partial charge in [-0.3, -0.25) is 0 Å². The molecular weight excluding hydrogens is 240 g/mol. The first kappa shape index (κ1) is 13.3. The second-order valence-corrected chi connectivity index (χ2v) is 4.54. The summed E-state index contributed by atoms with van der Waals surface area (Å²) in [4.78, 5) is 0. The van der Waals surface area contributed by atoms with Gasteiger partial charge in [0.15, 0.2) is 11.5 Å². The first-order chi connectivity index (χ1) is 9.08. The van der Waals surface area contributed by atoms with Gasteiger partial charge in [-0.05, 0) is 35.6 Å². The quantitative estimate of drug-likeness (QED) is 0.737. The zero-order chi connectivity index (χ0) is 14.0. The monoisotopic (exact) mass is 258 g/mol. The van der Waals surface area contributed by atoms with Crippen molar-refractivity contribution in [1.29, 1.82) is 0 Å². The highest BCUT2D eigenvalue weighted by Crippen LogP contribution is 2.44. The van der Waals surface area contributed by atoms with E-state index in [9.17, 15) is 15.3 Å². The minimum Gasteiger partial charge on any atom is -0.504 e. The van der Waals surface area contributed by atoms with Gasteiger partial charge in [-0.1, -0.05) is 38.1 Å². The number of phenolic OH excluding ortho intramolecular Hbond substituents is 3. The highest BCUT2D eigenvalue weighted by Gasteiger charge is 2.16. The van der Waals surface area contributed by atoms with Gasteiger partial charge in [0.2, 0.25) is 5.75 Å². The van der Waals surface area contributed by atoms with E-state index in [1.165, 1.54) is 0 Å². The molecule has 0 aliphatic carbocycles. The fourth-order valence-electron chi connectivity index (χ4n) is 2.15. The fraction of sp³-hybridized carbons (Fsp3) is 0.250. The van der Waals surface area contributed by atoms with Crippen LogP contribution in [0.1, 0.15) is 25.0 Å². The average Bonchev–Trinajstić information content (AvgIpc) is 2.45. The van der Waals surface area contributed by atoms with Crippen molar-refractivity contribution in [3.8, 4) is 28.4 Å². The summed E-state index contributed by atoms with van der Waals surface area (Å²) >= 11 is 0. The van der Waals surface area contributed by atoms with Crippen LogP contribution >= 0.6 is 0 Å². The smallest absolute Gasteiger partial charge is 0.201 e. The Hall–Kier alpha value is -2.16. The number of benzene rings is 2. The molecular formula is C16H18O3. The number of hydrogen-bond donors (Lipinski definition) is 3. The molecule has 0 saturated heterocycles. The summed E-state index contributed by atoms with van der Waals surface area (Å²) in [6, 6.07) is 9.51. The molecule has 0 saturated carbocycles. The molecule has 19 heavy (non-hydrogen) atoms. The predicted molar refractivity (Wildman–Crippen MR) is 75.6 cm³/mol. The van der Waals surface area contributed by atoms with E-state index in [2.05, 4.69) is 6.92 Å². The van der Waals surface area contributed by atoms with Crippen molar-refractivity contribution in [1.82, 2.24) is 0 Å². The summed E-state index contributed by atoms with van der Waals surface area (Å²) < 4.78 is 0. The van der Waals surface area contributed by atoms with Gasteiger partial charge in [-0.25, -0.2) is 0 Å². The number of aromatic hydroxyl groups is 3. The Balaban J connectivity index is 2.64. The van der Waals surface area contributed by atoms with Gasteiger partial charge in [0.1, 0.15) is 0 Å². The maximum absolute atomic E-state index is 10.0. The molecule has 0 aromatic heterocycles. The lowest BCUT2D eigenvalue weighted by molar-refractivity contribution is 0.366. The number of rotatable bonds is 3. The Bertz CT molecular complexity index is 603. The van der Waals surface area contributed by atoms with Gasteiger partial charge in [-0.2, -0.15) is 0 Å². The van der Waals surface area contributed by atoms with Crippen molar-refractivity contribution < 1.29 is 15.3 Å². The fourth-order valence-corrected chi connectivity index (χ4v) is 2.15. The van der Waals surface area contributed by atoms with Crippen LogP contribution in [0.25, 0.3) is 11.1 Å². The molecule has 3 nitrogen and oxygen atoms in total. The number of phenols is 3. The maximum Gasteiger partial charge on any atom is 0.201 e. The largest absolute Gasteiger partial charge is 0.504 e. The summed E-state index contributed by atoms with van der Waals surface area (Å²) in [5, 5.41) is 29.5. The van der Waals surface area contributed by atoms with E-state index >= 15 is 0 Å². The molecule has 0 bridgehead atoms. The minimum absolute atomic E-state index is 0.240. The second kappa shape index (κ2) is 5.22. The lowest BCUT2D eigenvalue weighted by Crippen LogP contribution is -1.89. The lowest BCUT2D eigenvalue weighted by Gasteiger charge is -2.12. The van der Waals surface area contributed by atoms with Gasteiger partial charge in [-0.15, -0.1) is 0 Å². The highest BCUT2D eigenvalue weighted by atomic mass is 16.3. The SMILES string of the molecule is CCc1cccc(-c2cc(CC)c(O)c(O)c2O)c1. The summed E-state index contributed by atoms with van der Waals surface area (Å²) in [6.45, 7) is 3.95. The predicted octanol–water partition coefficient (Wildman–Crippen LogP) is 3.60. The van der Waals surface area contributed by atoms with Crippen LogP contribution < -0.4 is 0 Å². The van der Waals surface area contributed by atoms with Crippen LogP contribution in [0.3, 0.4) is 0 Å². The van der Waals surface area contributed by atoms with Crippen LogP contribution in [-0.2, 0) is 12.8 Å². The Morgan fingerprint density at radius 2 is 1.58 bits per heavy atom. The average molecular weight is 258 g/mol. The lowest BCUT2D eigenvalue weighted by atomic mass is 9.97. The third-order valence-corrected chi connectivity index (χ3v) is 3.35. The Morgan fingerprint density at radius 3 is 2.21 bits per heavy atom. The number of aryl methyl sites for hydroxylation is 2. The van der Waals surface area contributed by atoms with Gasteiger partial charge < -0.3 is 15.3 Å². The highest BCUT2D eigenvalue weighted by molar-refractivity contribution is 5.77. The molecule has 3 N–H and O–H groups in total. The molecule has 3 heteroatoms. The Labute approximate surface area is 112 Å². The normalized spacial score (nSPS) is 10.6. The topological polar surface area (TPSA) is 60.7 Å². The van der Waals surface area contributed by atoms with E-state index in [-0.39, 0.29) is 11.5 Å². The van der Waals surface area contributed by atoms with Crippen molar-refractivity contribution >= 4 is 0 Å². The zero-order valence-electron chi connectivity index (χ0n) is 11.1. The van der Waals surface area contributed by atoms with Crippen LogP contribution in [0.15, 0.2) is 30.3 Å². The van der Waals surface area contributed by atoms with Crippen LogP contribution in [-0.4, -0.2) is 15.3 Å². The molecule has 0 atom stereocenters. The molecule has 0 unspecified atom stereocenters. The molecule has 0 aliphatic heterocycles. The van der Waals surface area contributed by atoms with Crippen LogP contribution in [0.5, 0.6) is 17.2 Å². The van der Waals surface area contributed by atoms with Crippen LogP contribution in [0.2, 0.25) is 0 Å². The van der Waals surface area contributed by atoms with Crippen LogP contribution in [0, 0.1) is 0 Å². The summed E-state index contributed by atoms with van der Waals surface area (Å²) in [5.41, 5.74) is 3.15. The maximum atomic E-state index is 10.0. The van der Waals surface area contributed by atoms with Crippen molar-refractivity contribution in [2.45, 2.75) is 26.7 Å². The Morgan fingerprint density at radius 1 is 0.842 bits per heavy atom. The van der Waals surface area contributed by atoms with Gasteiger partial charge in [0.25, 0.3) is 0 Å². The molecule has 0 radical (unpaired) electrons. The van der Waals surface area contributed by atoms with Crippen molar-refractivity contribution in [3.05, 3.63) is 41.5 Å². The zero-order valence-corrected chi connectivity index (χ0v) is 11.1. The van der Waals surface area contributed by atoms with E-state index in [0.717, 1.165) is 17.5 Å². The van der Waals surface area contributed by atoms with Gasteiger partial charge in [0.05, 0.1) is 0 Å². The third kappa shape index (κ3) is 2.36. The van der Waals surface area contributed by atoms with E-state index in [4.69, 9.17) is 0 Å². The molecule has 2 rings (SSSR count). The first-order valence-corrected chi connectivity index (χ1v) is 6.44. The number of hydrogen-bond acceptors (Lipinski definition) is 3. The molecule has 0 heterocycles. The molecule has 0 aliphatic rings. The van der Waals surface area contributed by atoms with E-state index < -0.39 is 5.75 Å². The van der Waals surface area contributed by atoms with Crippen molar-refractivity contribution in [2.75, 3.05) is 0 Å². The van der Waals surface area contributed by atoms with Crippen LogP contribution in [0.4, 0.5) is 0 Å². The summed E-state index contributed by atoms with van der Waals surface area (Å²) in [6.07, 6.45) is 1.49. The Kier molecular flexibility index (Phi) is 3.65. The van der Waals surface area contributed by atoms with Crippen molar-refractivity contribution in [2.24, 2.45) is 0 Å². The standard InChI is InChI=1S/C16H18O3/c1-3-10-6-5-7-12(8-10)13-9-11(4-2)14(17)16(19)15(13)18/h5-9,17-19H,3-4H2,1-2H3. The summed E-state index contributed by atoms with van der Waals surface area (Å²) in [5.74, 6) is -0.963. The molecule has 2 aromatic carbocycles. The van der Waals surface area contributed by atoms with Gasteiger partial charge >= 0.3 is 0 Å². The van der Waals surface area contributed by atoms with E-state index in [0.29, 0.717) is 17.5 Å². The first-order valence-electron chi connectivity index (χ1n) is 6.44.